The van der Waals surface area contributed by atoms with Crippen LogP contribution in [-0.4, -0.2) is 5.91 Å². The van der Waals surface area contributed by atoms with Crippen molar-refractivity contribution in [3.05, 3.63) is 39.6 Å². The van der Waals surface area contributed by atoms with Crippen molar-refractivity contribution in [2.24, 2.45) is 5.92 Å². The average Bonchev–Trinajstić information content (AvgIpc) is 2.76. The molecule has 0 aliphatic heterocycles. The third kappa shape index (κ3) is 3.33. The van der Waals surface area contributed by atoms with Gasteiger partial charge in [-0.15, -0.1) is 0 Å². The third-order valence-electron chi connectivity index (χ3n) is 2.83. The van der Waals surface area contributed by atoms with Gasteiger partial charge >= 0.3 is 0 Å². The van der Waals surface area contributed by atoms with Gasteiger partial charge in [0.05, 0.1) is 10.7 Å². The number of benzene rings is 1. The molecule has 1 N–H and O–H groups in total. The minimum Gasteiger partial charge on any atom is -0.324 e. The van der Waals surface area contributed by atoms with Crippen LogP contribution in [0.1, 0.15) is 19.3 Å². The number of amides is 1. The molecule has 1 aromatic rings. The lowest BCUT2D eigenvalue weighted by Crippen LogP contribution is -2.15. The maximum Gasteiger partial charge on any atom is 0.225 e. The summed E-state index contributed by atoms with van der Waals surface area (Å²) in [7, 11) is 0. The fourth-order valence-corrected chi connectivity index (χ4v) is 2.85. The zero-order valence-corrected chi connectivity index (χ0v) is 11.9. The summed E-state index contributed by atoms with van der Waals surface area (Å²) in [4.78, 5) is 11.8. The van der Waals surface area contributed by atoms with Crippen molar-refractivity contribution in [1.82, 2.24) is 0 Å². The van der Waals surface area contributed by atoms with E-state index in [9.17, 15) is 9.18 Å². The summed E-state index contributed by atoms with van der Waals surface area (Å²) < 4.78 is 13.5. The van der Waals surface area contributed by atoms with Gasteiger partial charge in [0.1, 0.15) is 5.82 Å². The quantitative estimate of drug-likeness (QED) is 0.809. The molecule has 0 bridgehead atoms. The number of allylic oxidation sites excluding steroid dienone is 2. The van der Waals surface area contributed by atoms with Crippen LogP contribution in [0.2, 0.25) is 5.02 Å². The second kappa shape index (κ2) is 5.85. The summed E-state index contributed by atoms with van der Waals surface area (Å²) in [6.07, 6.45) is 6.60. The molecule has 1 unspecified atom stereocenters. The van der Waals surface area contributed by atoms with E-state index < -0.39 is 5.82 Å². The minimum atomic E-state index is -0.441. The van der Waals surface area contributed by atoms with Crippen molar-refractivity contribution in [1.29, 1.82) is 0 Å². The zero-order chi connectivity index (χ0) is 13.1. The molecule has 5 heteroatoms. The number of nitrogens with one attached hydrogen (secondary N) is 1. The molecule has 96 valence electrons. The van der Waals surface area contributed by atoms with E-state index in [0.717, 1.165) is 12.8 Å². The van der Waals surface area contributed by atoms with Gasteiger partial charge in [-0.2, -0.15) is 0 Å². The lowest BCUT2D eigenvalue weighted by molar-refractivity contribution is -0.116. The SMILES string of the molecule is O=C(CC1C=CCC1)Nc1c(Cl)cc(F)cc1Br. The minimum absolute atomic E-state index is 0.110. The maximum absolute atomic E-state index is 13.0. The Bertz CT molecular complexity index is 481. The van der Waals surface area contributed by atoms with Gasteiger partial charge in [-0.1, -0.05) is 23.8 Å². The second-order valence-corrected chi connectivity index (χ2v) is 5.52. The number of carbonyl (C=O) groups excluding carboxylic acids is 1. The first-order chi connectivity index (χ1) is 8.56. The van der Waals surface area contributed by atoms with Gasteiger partial charge in [0, 0.05) is 10.9 Å². The first-order valence-electron chi connectivity index (χ1n) is 5.67. The van der Waals surface area contributed by atoms with E-state index >= 15 is 0 Å². The number of hydrogen-bond acceptors (Lipinski definition) is 1. The number of carbonyl (C=O) groups is 1. The normalized spacial score (nSPS) is 18.1. The lowest BCUT2D eigenvalue weighted by atomic mass is 10.1. The molecule has 1 atom stereocenters. The Labute approximate surface area is 118 Å². The van der Waals surface area contributed by atoms with Crippen molar-refractivity contribution in [2.45, 2.75) is 19.3 Å². The molecule has 0 heterocycles. The van der Waals surface area contributed by atoms with Crippen molar-refractivity contribution in [3.8, 4) is 0 Å². The highest BCUT2D eigenvalue weighted by atomic mass is 79.9. The lowest BCUT2D eigenvalue weighted by Gasteiger charge is -2.11. The number of rotatable bonds is 3. The Morgan fingerprint density at radius 1 is 1.56 bits per heavy atom. The smallest absolute Gasteiger partial charge is 0.225 e. The second-order valence-electron chi connectivity index (χ2n) is 4.26. The zero-order valence-electron chi connectivity index (χ0n) is 9.55. The highest BCUT2D eigenvalue weighted by Gasteiger charge is 2.16. The molecule has 2 nitrogen and oxygen atoms in total. The van der Waals surface area contributed by atoms with Crippen LogP contribution < -0.4 is 5.32 Å². The molecule has 0 aromatic heterocycles. The monoisotopic (exact) mass is 331 g/mol. The van der Waals surface area contributed by atoms with Crippen LogP contribution in [0.4, 0.5) is 10.1 Å². The molecular formula is C13H12BrClFNO. The number of anilines is 1. The molecule has 2 rings (SSSR count). The van der Waals surface area contributed by atoms with Gasteiger partial charge in [0.15, 0.2) is 0 Å². The Morgan fingerprint density at radius 3 is 2.94 bits per heavy atom. The molecule has 0 saturated heterocycles. The van der Waals surface area contributed by atoms with E-state index in [0.29, 0.717) is 22.5 Å². The van der Waals surface area contributed by atoms with E-state index in [4.69, 9.17) is 11.6 Å². The largest absolute Gasteiger partial charge is 0.324 e. The third-order valence-corrected chi connectivity index (χ3v) is 3.75. The van der Waals surface area contributed by atoms with Crippen LogP contribution in [0.15, 0.2) is 28.8 Å². The van der Waals surface area contributed by atoms with Crippen LogP contribution in [0.25, 0.3) is 0 Å². The van der Waals surface area contributed by atoms with Gasteiger partial charge in [-0.25, -0.2) is 4.39 Å². The van der Waals surface area contributed by atoms with Gasteiger partial charge in [0.25, 0.3) is 0 Å². The summed E-state index contributed by atoms with van der Waals surface area (Å²) in [5.41, 5.74) is 0.421. The van der Waals surface area contributed by atoms with E-state index in [1.807, 2.05) is 0 Å². The van der Waals surface area contributed by atoms with Gasteiger partial charge < -0.3 is 5.32 Å². The van der Waals surface area contributed by atoms with Crippen LogP contribution in [-0.2, 0) is 4.79 Å². The fourth-order valence-electron chi connectivity index (χ4n) is 1.96. The molecule has 1 aliphatic rings. The molecule has 0 radical (unpaired) electrons. The first kappa shape index (κ1) is 13.6. The van der Waals surface area contributed by atoms with E-state index in [1.54, 1.807) is 0 Å². The Hall–Kier alpha value is -0.870. The Kier molecular flexibility index (Phi) is 4.40. The van der Waals surface area contributed by atoms with Crippen LogP contribution in [0.3, 0.4) is 0 Å². The first-order valence-corrected chi connectivity index (χ1v) is 6.84. The predicted molar refractivity (Wildman–Crippen MR) is 74.2 cm³/mol. The Morgan fingerprint density at radius 2 is 2.33 bits per heavy atom. The molecular weight excluding hydrogens is 321 g/mol. The standard InChI is InChI=1S/C13H12BrClFNO/c14-10-6-9(16)7-11(15)13(10)17-12(18)5-8-3-1-2-4-8/h1,3,6-8H,2,4-5H2,(H,17,18). The number of halogens is 3. The summed E-state index contributed by atoms with van der Waals surface area (Å²) >= 11 is 9.08. The van der Waals surface area contributed by atoms with Gasteiger partial charge in [-0.05, 0) is 46.8 Å². The van der Waals surface area contributed by atoms with Crippen LogP contribution >= 0.6 is 27.5 Å². The van der Waals surface area contributed by atoms with Gasteiger partial charge in [-0.3, -0.25) is 4.79 Å². The van der Waals surface area contributed by atoms with Crippen LogP contribution in [0.5, 0.6) is 0 Å². The molecule has 18 heavy (non-hydrogen) atoms. The molecule has 1 aliphatic carbocycles. The highest BCUT2D eigenvalue weighted by Crippen LogP contribution is 2.32. The topological polar surface area (TPSA) is 29.1 Å². The van der Waals surface area contributed by atoms with Crippen molar-refractivity contribution in [2.75, 3.05) is 5.32 Å². The predicted octanol–water partition coefficient (Wildman–Crippen LogP) is 4.54. The summed E-state index contributed by atoms with van der Waals surface area (Å²) in [5, 5.41) is 2.91. The molecule has 0 spiro atoms. The molecule has 0 saturated carbocycles. The van der Waals surface area contributed by atoms with Crippen molar-refractivity contribution < 1.29 is 9.18 Å². The highest BCUT2D eigenvalue weighted by molar-refractivity contribution is 9.10. The maximum atomic E-state index is 13.0. The molecule has 0 fully saturated rings. The van der Waals surface area contributed by atoms with Crippen LogP contribution in [0, 0.1) is 11.7 Å². The van der Waals surface area contributed by atoms with E-state index in [2.05, 4.69) is 33.4 Å². The van der Waals surface area contributed by atoms with E-state index in [1.165, 1.54) is 12.1 Å². The number of hydrogen-bond donors (Lipinski definition) is 1. The summed E-state index contributed by atoms with van der Waals surface area (Å²) in [5.74, 6) is -0.257. The molecule has 1 aromatic carbocycles. The van der Waals surface area contributed by atoms with E-state index in [-0.39, 0.29) is 10.9 Å². The summed E-state index contributed by atoms with van der Waals surface area (Å²) in [6.45, 7) is 0. The van der Waals surface area contributed by atoms with Crippen molar-refractivity contribution >= 4 is 39.1 Å². The fraction of sp³-hybridized carbons (Fsp3) is 0.308. The Balaban J connectivity index is 2.04. The molecule has 1 amide bonds. The average molecular weight is 333 g/mol. The van der Waals surface area contributed by atoms with Gasteiger partial charge in [0.2, 0.25) is 5.91 Å². The van der Waals surface area contributed by atoms with Crippen molar-refractivity contribution in [3.63, 3.8) is 0 Å². The summed E-state index contributed by atoms with van der Waals surface area (Å²) in [6, 6.07) is 2.45.